The van der Waals surface area contributed by atoms with Crippen LogP contribution < -0.4 is 10.6 Å². The highest BCUT2D eigenvalue weighted by Gasteiger charge is 2.21. The summed E-state index contributed by atoms with van der Waals surface area (Å²) in [5.41, 5.74) is 0.189. The molecule has 8 heteroatoms. The molecule has 0 unspecified atom stereocenters. The summed E-state index contributed by atoms with van der Waals surface area (Å²) in [6, 6.07) is 2.60. The van der Waals surface area contributed by atoms with Gasteiger partial charge in [0, 0.05) is 6.08 Å². The van der Waals surface area contributed by atoms with Crippen LogP contribution in [0.5, 0.6) is 0 Å². The second-order valence-electron chi connectivity index (χ2n) is 2.90. The molecule has 1 saturated heterocycles. The fourth-order valence-corrected chi connectivity index (χ4v) is 1.35. The highest BCUT2D eigenvalue weighted by atomic mass is 32.1. The second kappa shape index (κ2) is 3.74. The molecular formula is C8H5N3O4S. The first kappa shape index (κ1) is 10.3. The summed E-state index contributed by atoms with van der Waals surface area (Å²) in [7, 11) is 0. The Morgan fingerprint density at radius 3 is 2.69 bits per heavy atom. The fourth-order valence-electron chi connectivity index (χ4n) is 1.14. The fraction of sp³-hybridized carbons (Fsp3) is 0. The van der Waals surface area contributed by atoms with Gasteiger partial charge in [-0.25, -0.2) is 0 Å². The van der Waals surface area contributed by atoms with Crippen molar-refractivity contribution < 1.29 is 14.1 Å². The summed E-state index contributed by atoms with van der Waals surface area (Å²) in [4.78, 5) is 20.9. The van der Waals surface area contributed by atoms with Gasteiger partial charge in [-0.3, -0.25) is 20.2 Å². The molecule has 1 amide bonds. The van der Waals surface area contributed by atoms with Gasteiger partial charge in [-0.05, 0) is 18.3 Å². The number of rotatable bonds is 2. The molecule has 1 aromatic rings. The molecule has 1 fully saturated rings. The standard InChI is InChI=1S/C8H5N3O4S/c12-7-5(9-8(16)10-7)3-4-1-2-6(15-4)11(13)14/h1-3H,(H2,9,10,12,16)/b5-3+. The van der Waals surface area contributed by atoms with Crippen LogP contribution in [0.4, 0.5) is 5.88 Å². The number of nitrogens with zero attached hydrogens (tertiary/aromatic N) is 1. The van der Waals surface area contributed by atoms with Crippen LogP contribution in [0.15, 0.2) is 22.2 Å². The van der Waals surface area contributed by atoms with Gasteiger partial charge in [0.05, 0.1) is 6.07 Å². The van der Waals surface area contributed by atoms with Gasteiger partial charge in [0.1, 0.15) is 16.4 Å². The van der Waals surface area contributed by atoms with E-state index in [1.807, 2.05) is 0 Å². The lowest BCUT2D eigenvalue weighted by atomic mass is 10.3. The quantitative estimate of drug-likeness (QED) is 0.338. The van der Waals surface area contributed by atoms with Crippen molar-refractivity contribution in [2.75, 3.05) is 0 Å². The van der Waals surface area contributed by atoms with E-state index in [2.05, 4.69) is 10.6 Å². The molecular weight excluding hydrogens is 234 g/mol. The molecule has 1 aromatic heterocycles. The predicted molar refractivity (Wildman–Crippen MR) is 57.2 cm³/mol. The molecule has 82 valence electrons. The SMILES string of the molecule is O=C1NC(=S)N/C1=C/c1ccc([N+](=O)[O-])o1. The summed E-state index contributed by atoms with van der Waals surface area (Å²) in [6.45, 7) is 0. The van der Waals surface area contributed by atoms with Crippen LogP contribution in [0, 0.1) is 10.1 Å². The lowest BCUT2D eigenvalue weighted by Gasteiger charge is -1.91. The van der Waals surface area contributed by atoms with Gasteiger partial charge >= 0.3 is 5.88 Å². The molecule has 0 radical (unpaired) electrons. The third-order valence-electron chi connectivity index (χ3n) is 1.80. The predicted octanol–water partition coefficient (Wildman–Crippen LogP) is 0.533. The number of carbonyl (C=O) groups excluding carboxylic acids is 1. The van der Waals surface area contributed by atoms with E-state index in [0.29, 0.717) is 0 Å². The number of carbonyl (C=O) groups is 1. The van der Waals surface area contributed by atoms with Crippen LogP contribution in [0.1, 0.15) is 5.76 Å². The number of furan rings is 1. The summed E-state index contributed by atoms with van der Waals surface area (Å²) < 4.78 is 4.85. The third-order valence-corrected chi connectivity index (χ3v) is 2.00. The topological polar surface area (TPSA) is 97.4 Å². The van der Waals surface area contributed by atoms with Crippen molar-refractivity contribution in [3.8, 4) is 0 Å². The molecule has 0 atom stereocenters. The maximum Gasteiger partial charge on any atom is 0.433 e. The monoisotopic (exact) mass is 239 g/mol. The Hall–Kier alpha value is -2.22. The van der Waals surface area contributed by atoms with Crippen molar-refractivity contribution in [3.05, 3.63) is 33.7 Å². The maximum absolute atomic E-state index is 11.2. The van der Waals surface area contributed by atoms with E-state index in [0.717, 1.165) is 0 Å². The summed E-state index contributed by atoms with van der Waals surface area (Å²) in [5.74, 6) is -0.578. The number of nitrogens with one attached hydrogen (secondary N) is 2. The summed E-state index contributed by atoms with van der Waals surface area (Å²) in [5, 5.41) is 15.5. The van der Waals surface area contributed by atoms with Crippen LogP contribution in [-0.2, 0) is 4.79 Å². The number of hydrogen-bond donors (Lipinski definition) is 2. The summed E-state index contributed by atoms with van der Waals surface area (Å²) in [6.07, 6.45) is 1.33. The Labute approximate surface area is 94.3 Å². The van der Waals surface area contributed by atoms with E-state index < -0.39 is 10.8 Å². The second-order valence-corrected chi connectivity index (χ2v) is 3.31. The van der Waals surface area contributed by atoms with E-state index in [1.165, 1.54) is 18.2 Å². The average Bonchev–Trinajstić information content (AvgIpc) is 2.75. The molecule has 2 N–H and O–H groups in total. The lowest BCUT2D eigenvalue weighted by Crippen LogP contribution is -2.21. The number of nitro groups is 1. The molecule has 2 heterocycles. The molecule has 0 aliphatic carbocycles. The van der Waals surface area contributed by atoms with Gasteiger partial charge in [0.15, 0.2) is 5.11 Å². The minimum absolute atomic E-state index is 0.189. The normalized spacial score (nSPS) is 17.4. The molecule has 0 spiro atoms. The smallest absolute Gasteiger partial charge is 0.401 e. The van der Waals surface area contributed by atoms with Gasteiger partial charge < -0.3 is 9.73 Å². The van der Waals surface area contributed by atoms with Crippen molar-refractivity contribution in [2.24, 2.45) is 0 Å². The Morgan fingerprint density at radius 2 is 2.19 bits per heavy atom. The molecule has 1 aliphatic rings. The van der Waals surface area contributed by atoms with Gasteiger partial charge in [0.2, 0.25) is 0 Å². The molecule has 0 bridgehead atoms. The van der Waals surface area contributed by atoms with E-state index in [9.17, 15) is 14.9 Å². The molecule has 1 aliphatic heterocycles. The van der Waals surface area contributed by atoms with Crippen LogP contribution in [0.3, 0.4) is 0 Å². The first-order valence-electron chi connectivity index (χ1n) is 4.14. The van der Waals surface area contributed by atoms with Crippen molar-refractivity contribution in [2.45, 2.75) is 0 Å². The molecule has 16 heavy (non-hydrogen) atoms. The van der Waals surface area contributed by atoms with E-state index in [4.69, 9.17) is 16.6 Å². The van der Waals surface area contributed by atoms with Crippen molar-refractivity contribution in [3.63, 3.8) is 0 Å². The largest absolute Gasteiger partial charge is 0.433 e. The number of thiocarbonyl (C=S) groups is 1. The minimum atomic E-state index is -0.658. The van der Waals surface area contributed by atoms with E-state index in [-0.39, 0.29) is 22.5 Å². The summed E-state index contributed by atoms with van der Waals surface area (Å²) >= 11 is 4.71. The van der Waals surface area contributed by atoms with Gasteiger partial charge in [-0.2, -0.15) is 0 Å². The lowest BCUT2D eigenvalue weighted by molar-refractivity contribution is -0.402. The molecule has 7 nitrogen and oxygen atoms in total. The third kappa shape index (κ3) is 1.91. The number of hydrogen-bond acceptors (Lipinski definition) is 5. The van der Waals surface area contributed by atoms with Crippen LogP contribution in [0.25, 0.3) is 6.08 Å². The Bertz CT molecular complexity index is 519. The zero-order valence-electron chi connectivity index (χ0n) is 7.72. The zero-order valence-corrected chi connectivity index (χ0v) is 8.54. The van der Waals surface area contributed by atoms with Crippen molar-refractivity contribution in [1.29, 1.82) is 0 Å². The van der Waals surface area contributed by atoms with E-state index in [1.54, 1.807) is 0 Å². The zero-order chi connectivity index (χ0) is 11.7. The van der Waals surface area contributed by atoms with Gasteiger partial charge in [-0.15, -0.1) is 0 Å². The van der Waals surface area contributed by atoms with Gasteiger partial charge in [0.25, 0.3) is 5.91 Å². The highest BCUT2D eigenvalue weighted by molar-refractivity contribution is 7.80. The number of amides is 1. The highest BCUT2D eigenvalue weighted by Crippen LogP contribution is 2.18. The Balaban J connectivity index is 2.26. The van der Waals surface area contributed by atoms with Crippen molar-refractivity contribution in [1.82, 2.24) is 10.6 Å². The van der Waals surface area contributed by atoms with Crippen LogP contribution >= 0.6 is 12.2 Å². The average molecular weight is 239 g/mol. The molecule has 2 rings (SSSR count). The first-order chi connectivity index (χ1) is 7.56. The Morgan fingerprint density at radius 1 is 1.44 bits per heavy atom. The van der Waals surface area contributed by atoms with Crippen LogP contribution in [-0.4, -0.2) is 15.9 Å². The van der Waals surface area contributed by atoms with Crippen LogP contribution in [0.2, 0.25) is 0 Å². The minimum Gasteiger partial charge on any atom is -0.401 e. The molecule has 0 aromatic carbocycles. The van der Waals surface area contributed by atoms with E-state index >= 15 is 0 Å². The first-order valence-corrected chi connectivity index (χ1v) is 4.55. The maximum atomic E-state index is 11.2. The van der Waals surface area contributed by atoms with Gasteiger partial charge in [-0.1, -0.05) is 0 Å². The Kier molecular flexibility index (Phi) is 2.41. The molecule has 0 saturated carbocycles. The van der Waals surface area contributed by atoms with Crippen molar-refractivity contribution >= 4 is 35.2 Å².